The zero-order chi connectivity index (χ0) is 11.6. The van der Waals surface area contributed by atoms with Crippen LogP contribution in [-0.4, -0.2) is 35.4 Å². The molecule has 5 nitrogen and oxygen atoms in total. The second-order valence-corrected chi connectivity index (χ2v) is 4.04. The molecule has 0 heterocycles. The smallest absolute Gasteiger partial charge is 0.350 e. The van der Waals surface area contributed by atoms with Gasteiger partial charge in [0.2, 0.25) is 0 Å². The zero-order valence-electron chi connectivity index (χ0n) is 9.08. The van der Waals surface area contributed by atoms with Crippen LogP contribution in [0.5, 0.6) is 0 Å². The van der Waals surface area contributed by atoms with Crippen LogP contribution >= 0.6 is 0 Å². The number of rotatable bonds is 3. The maximum absolute atomic E-state index is 11.4. The van der Waals surface area contributed by atoms with E-state index in [0.717, 1.165) is 14.0 Å². The highest BCUT2D eigenvalue weighted by molar-refractivity contribution is 6.02. The maximum atomic E-state index is 11.4. The number of carboxylic acids is 1. The number of hydrogen-bond donors (Lipinski definition) is 1. The Hall–Kier alpha value is -1.10. The molecule has 0 spiro atoms. The van der Waals surface area contributed by atoms with Crippen LogP contribution in [0.15, 0.2) is 0 Å². The molecule has 0 saturated heterocycles. The maximum Gasteiger partial charge on any atom is 0.350 e. The van der Waals surface area contributed by atoms with Crippen LogP contribution in [0.4, 0.5) is 0 Å². The van der Waals surface area contributed by atoms with E-state index in [9.17, 15) is 9.59 Å². The van der Waals surface area contributed by atoms with Gasteiger partial charge in [-0.15, -0.1) is 0 Å². The fraction of sp³-hybridized carbons (Fsp3) is 0.778. The number of hydrogen-bond acceptors (Lipinski definition) is 4. The molecule has 0 aliphatic heterocycles. The van der Waals surface area contributed by atoms with Crippen molar-refractivity contribution >= 4 is 11.9 Å². The van der Waals surface area contributed by atoms with Gasteiger partial charge in [-0.25, -0.2) is 9.59 Å². The molecule has 0 bridgehead atoms. The molecule has 1 atom stereocenters. The van der Waals surface area contributed by atoms with Gasteiger partial charge in [-0.05, 0) is 27.7 Å². The van der Waals surface area contributed by atoms with E-state index in [2.05, 4.69) is 4.74 Å². The van der Waals surface area contributed by atoms with Crippen LogP contribution in [0.2, 0.25) is 0 Å². The Labute approximate surface area is 83.0 Å². The average Bonchev–Trinajstić information content (AvgIpc) is 1.99. The highest BCUT2D eigenvalue weighted by atomic mass is 16.6. The van der Waals surface area contributed by atoms with Crippen LogP contribution in [-0.2, 0) is 19.1 Å². The minimum Gasteiger partial charge on any atom is -0.479 e. The van der Waals surface area contributed by atoms with Crippen molar-refractivity contribution in [3.8, 4) is 0 Å². The van der Waals surface area contributed by atoms with Crippen molar-refractivity contribution in [1.29, 1.82) is 0 Å². The van der Waals surface area contributed by atoms with Gasteiger partial charge in [0.1, 0.15) is 5.60 Å². The van der Waals surface area contributed by atoms with E-state index in [-0.39, 0.29) is 0 Å². The lowest BCUT2D eigenvalue weighted by atomic mass is 10.1. The Balaban J connectivity index is 4.73. The van der Waals surface area contributed by atoms with Gasteiger partial charge in [0.25, 0.3) is 5.60 Å². The van der Waals surface area contributed by atoms with Crippen molar-refractivity contribution in [2.45, 2.75) is 38.9 Å². The van der Waals surface area contributed by atoms with Gasteiger partial charge in [-0.1, -0.05) is 0 Å². The molecular weight excluding hydrogens is 188 g/mol. The van der Waals surface area contributed by atoms with E-state index in [1.54, 1.807) is 20.8 Å². The Bertz CT molecular complexity index is 240. The van der Waals surface area contributed by atoms with Gasteiger partial charge in [0.05, 0.1) is 0 Å². The van der Waals surface area contributed by atoms with Crippen molar-refractivity contribution in [3.63, 3.8) is 0 Å². The lowest BCUT2D eigenvalue weighted by Crippen LogP contribution is -2.48. The summed E-state index contributed by atoms with van der Waals surface area (Å²) in [5, 5.41) is 8.77. The van der Waals surface area contributed by atoms with Crippen LogP contribution in [0.25, 0.3) is 0 Å². The Morgan fingerprint density at radius 2 is 1.57 bits per heavy atom. The molecule has 0 amide bonds. The van der Waals surface area contributed by atoms with Gasteiger partial charge >= 0.3 is 11.9 Å². The first-order valence-electron chi connectivity index (χ1n) is 4.15. The molecule has 82 valence electrons. The lowest BCUT2D eigenvalue weighted by Gasteiger charge is -2.26. The Kier molecular flexibility index (Phi) is 3.65. The molecule has 0 aromatic carbocycles. The molecule has 5 heteroatoms. The van der Waals surface area contributed by atoms with Gasteiger partial charge < -0.3 is 14.6 Å². The largest absolute Gasteiger partial charge is 0.479 e. The second kappa shape index (κ2) is 3.96. The Morgan fingerprint density at radius 1 is 1.14 bits per heavy atom. The number of esters is 1. The number of carboxylic acid groups (broad SMARTS) is 1. The molecule has 0 aliphatic rings. The SMILES string of the molecule is CO[C@](C)(C(=O)O)C(=O)OC(C)(C)C. The first kappa shape index (κ1) is 12.9. The monoisotopic (exact) mass is 204 g/mol. The number of carbonyl (C=O) groups excluding carboxylic acids is 1. The number of carbonyl (C=O) groups is 2. The third-order valence-electron chi connectivity index (χ3n) is 1.60. The third-order valence-corrected chi connectivity index (χ3v) is 1.60. The summed E-state index contributed by atoms with van der Waals surface area (Å²) in [6.45, 7) is 6.12. The number of aliphatic carboxylic acids is 1. The molecule has 0 fully saturated rings. The van der Waals surface area contributed by atoms with E-state index in [0.29, 0.717) is 0 Å². The van der Waals surface area contributed by atoms with Gasteiger partial charge in [-0.3, -0.25) is 0 Å². The minimum absolute atomic E-state index is 0.730. The van der Waals surface area contributed by atoms with Crippen LogP contribution in [0, 0.1) is 0 Å². The van der Waals surface area contributed by atoms with Crippen molar-refractivity contribution in [2.24, 2.45) is 0 Å². The predicted octanol–water partition coefficient (Wildman–Crippen LogP) is 0.818. The predicted molar refractivity (Wildman–Crippen MR) is 48.9 cm³/mol. The van der Waals surface area contributed by atoms with Crippen molar-refractivity contribution in [2.75, 3.05) is 7.11 Å². The normalized spacial score (nSPS) is 15.8. The summed E-state index contributed by atoms with van der Waals surface area (Å²) in [6.07, 6.45) is 0. The second-order valence-electron chi connectivity index (χ2n) is 4.04. The topological polar surface area (TPSA) is 72.8 Å². The highest BCUT2D eigenvalue weighted by Crippen LogP contribution is 2.17. The molecule has 0 radical (unpaired) electrons. The standard InChI is InChI=1S/C9H16O5/c1-8(2,3)14-7(12)9(4,13-5)6(10)11/h1-5H3,(H,10,11)/t9-/m1/s1. The van der Waals surface area contributed by atoms with Crippen LogP contribution < -0.4 is 0 Å². The fourth-order valence-electron chi connectivity index (χ4n) is 0.633. The molecule has 0 rings (SSSR count). The van der Waals surface area contributed by atoms with Crippen LogP contribution in [0.3, 0.4) is 0 Å². The molecule has 0 aromatic rings. The van der Waals surface area contributed by atoms with E-state index < -0.39 is 23.1 Å². The first-order valence-corrected chi connectivity index (χ1v) is 4.15. The summed E-state index contributed by atoms with van der Waals surface area (Å²) in [5.74, 6) is -2.27. The Morgan fingerprint density at radius 3 is 1.79 bits per heavy atom. The fourth-order valence-corrected chi connectivity index (χ4v) is 0.633. The summed E-state index contributed by atoms with van der Waals surface area (Å²) in [4.78, 5) is 22.2. The first-order chi connectivity index (χ1) is 6.13. The van der Waals surface area contributed by atoms with Gasteiger partial charge in [0.15, 0.2) is 0 Å². The molecular formula is C9H16O5. The molecule has 0 aromatic heterocycles. The van der Waals surface area contributed by atoms with Gasteiger partial charge in [-0.2, -0.15) is 0 Å². The summed E-state index contributed by atoms with van der Waals surface area (Å²) < 4.78 is 9.54. The van der Waals surface area contributed by atoms with Gasteiger partial charge in [0, 0.05) is 7.11 Å². The highest BCUT2D eigenvalue weighted by Gasteiger charge is 2.45. The van der Waals surface area contributed by atoms with E-state index >= 15 is 0 Å². The molecule has 0 unspecified atom stereocenters. The molecule has 14 heavy (non-hydrogen) atoms. The van der Waals surface area contributed by atoms with E-state index in [4.69, 9.17) is 9.84 Å². The minimum atomic E-state index is -1.94. The lowest BCUT2D eigenvalue weighted by molar-refractivity contribution is -0.189. The average molecular weight is 204 g/mol. The summed E-state index contributed by atoms with van der Waals surface area (Å²) in [5.41, 5.74) is -2.67. The number of methoxy groups -OCH3 is 1. The van der Waals surface area contributed by atoms with E-state index in [1.807, 2.05) is 0 Å². The van der Waals surface area contributed by atoms with Crippen LogP contribution in [0.1, 0.15) is 27.7 Å². The quantitative estimate of drug-likeness (QED) is 0.544. The number of ether oxygens (including phenoxy) is 2. The summed E-state index contributed by atoms with van der Waals surface area (Å²) in [7, 11) is 1.15. The molecule has 0 saturated carbocycles. The molecule has 0 aliphatic carbocycles. The summed E-state index contributed by atoms with van der Waals surface area (Å²) in [6, 6.07) is 0. The third kappa shape index (κ3) is 2.99. The molecule has 1 N–H and O–H groups in total. The van der Waals surface area contributed by atoms with Crippen molar-refractivity contribution < 1.29 is 24.2 Å². The van der Waals surface area contributed by atoms with Crippen molar-refractivity contribution in [1.82, 2.24) is 0 Å². The van der Waals surface area contributed by atoms with Crippen molar-refractivity contribution in [3.05, 3.63) is 0 Å². The zero-order valence-corrected chi connectivity index (χ0v) is 9.08. The van der Waals surface area contributed by atoms with E-state index in [1.165, 1.54) is 0 Å². The summed E-state index contributed by atoms with van der Waals surface area (Å²) >= 11 is 0.